The first kappa shape index (κ1) is 24.6. The molecule has 1 aromatic heterocycles. The molecule has 2 amide bonds. The van der Waals surface area contributed by atoms with Crippen LogP contribution in [0.15, 0.2) is 65.5 Å². The first-order valence-corrected chi connectivity index (χ1v) is 12.6. The summed E-state index contributed by atoms with van der Waals surface area (Å²) in [6.45, 7) is 3.22. The number of hydrogen-bond donors (Lipinski definition) is 2. The molecule has 2 aromatic rings. The van der Waals surface area contributed by atoms with Crippen LogP contribution in [0.2, 0.25) is 0 Å². The Kier molecular flexibility index (Phi) is 7.15. The van der Waals surface area contributed by atoms with Crippen molar-refractivity contribution in [3.8, 4) is 0 Å². The molecular weight excluding hydrogens is 498 g/mol. The van der Waals surface area contributed by atoms with Gasteiger partial charge < -0.3 is 20.2 Å². The number of pyridine rings is 1. The number of benzene rings is 1. The van der Waals surface area contributed by atoms with Crippen LogP contribution in [-0.2, 0) is 16.1 Å². The third kappa shape index (κ3) is 5.05. The summed E-state index contributed by atoms with van der Waals surface area (Å²) in [5.41, 5.74) is 3.42. The minimum Gasteiger partial charge on any atom is -0.374 e. The maximum atomic E-state index is 13.1. The second-order valence-electron chi connectivity index (χ2n) is 8.96. The summed E-state index contributed by atoms with van der Waals surface area (Å²) >= 11 is 11.4. The molecule has 10 heteroatoms. The number of halogens is 1. The normalized spacial score (nSPS) is 20.1. The number of fused-ring (bicyclic) bond motifs is 1. The highest BCUT2D eigenvalue weighted by Crippen LogP contribution is 2.37. The molecule has 1 fully saturated rings. The van der Waals surface area contributed by atoms with E-state index in [0.717, 1.165) is 24.3 Å². The number of rotatable bonds is 5. The monoisotopic (exact) mass is 523 g/mol. The average molecular weight is 524 g/mol. The van der Waals surface area contributed by atoms with E-state index in [0.29, 0.717) is 52.8 Å². The van der Waals surface area contributed by atoms with E-state index in [1.165, 1.54) is 0 Å². The fourth-order valence-corrected chi connectivity index (χ4v) is 5.22. The number of thiocarbonyl (C=S) groups is 1. The molecule has 3 heterocycles. The molecule has 3 aliphatic rings. The third-order valence-corrected chi connectivity index (χ3v) is 7.38. The van der Waals surface area contributed by atoms with Crippen LogP contribution in [0.25, 0.3) is 0 Å². The van der Waals surface area contributed by atoms with E-state index in [2.05, 4.69) is 15.2 Å². The molecule has 0 saturated carbocycles. The molecule has 36 heavy (non-hydrogen) atoms. The summed E-state index contributed by atoms with van der Waals surface area (Å²) in [6, 6.07) is 9.40. The number of aliphatic hydroxyl groups excluding tert-OH is 1. The van der Waals surface area contributed by atoms with Crippen molar-refractivity contribution in [1.29, 1.82) is 0 Å². The van der Waals surface area contributed by atoms with Crippen LogP contribution in [0.3, 0.4) is 0 Å². The van der Waals surface area contributed by atoms with Crippen molar-refractivity contribution in [3.05, 3.63) is 76.6 Å². The van der Waals surface area contributed by atoms with Gasteiger partial charge in [-0.15, -0.1) is 0 Å². The number of carbonyl (C=O) groups is 2. The Hall–Kier alpha value is -3.11. The van der Waals surface area contributed by atoms with Crippen molar-refractivity contribution in [3.63, 3.8) is 0 Å². The van der Waals surface area contributed by atoms with Gasteiger partial charge in [0.25, 0.3) is 5.91 Å². The number of piperazine rings is 1. The third-order valence-electron chi connectivity index (χ3n) is 6.73. The lowest BCUT2D eigenvalue weighted by Crippen LogP contribution is -2.51. The van der Waals surface area contributed by atoms with Crippen LogP contribution in [0.1, 0.15) is 23.8 Å². The van der Waals surface area contributed by atoms with E-state index in [4.69, 9.17) is 23.8 Å². The highest BCUT2D eigenvalue weighted by atomic mass is 35.5. The van der Waals surface area contributed by atoms with Gasteiger partial charge in [0.05, 0.1) is 12.1 Å². The second-order valence-corrected chi connectivity index (χ2v) is 9.89. The van der Waals surface area contributed by atoms with Crippen molar-refractivity contribution in [2.24, 2.45) is 0 Å². The molecule has 1 unspecified atom stereocenters. The molecule has 0 spiro atoms. The summed E-state index contributed by atoms with van der Waals surface area (Å²) in [6.07, 6.45) is 6.29. The fraction of sp³-hybridized carbons (Fsp3) is 0.308. The van der Waals surface area contributed by atoms with Crippen LogP contribution in [-0.4, -0.2) is 69.3 Å². The molecule has 0 bridgehead atoms. The number of nitrogens with zero attached hydrogens (tertiary/aromatic N) is 4. The molecule has 8 nitrogen and oxygen atoms in total. The molecule has 1 aliphatic carbocycles. The van der Waals surface area contributed by atoms with E-state index in [1.54, 1.807) is 35.5 Å². The molecule has 0 radical (unpaired) electrons. The highest BCUT2D eigenvalue weighted by molar-refractivity contribution is 7.81. The maximum absolute atomic E-state index is 13.1. The van der Waals surface area contributed by atoms with Gasteiger partial charge in [0.15, 0.2) is 0 Å². The van der Waals surface area contributed by atoms with E-state index >= 15 is 0 Å². The van der Waals surface area contributed by atoms with Crippen LogP contribution in [0.4, 0.5) is 11.4 Å². The van der Waals surface area contributed by atoms with Gasteiger partial charge in [-0.3, -0.25) is 19.5 Å². The standard InChI is InChI=1S/C26H26ClN5O3S/c27-18-4-5-22(36)20(14-18)25(34)29-21-3-1-2-17-15-32(26(35)24(17)21)16-23(33)31-12-10-30(11-13-31)19-6-8-28-9-7-19/h1-4,6-9,14,26,35H,5,10-13,15-16H2,(H,29,34). The molecule has 2 N–H and O–H groups in total. The molecule has 1 atom stereocenters. The van der Waals surface area contributed by atoms with Gasteiger partial charge in [-0.25, -0.2) is 0 Å². The topological polar surface area (TPSA) is 89.0 Å². The summed E-state index contributed by atoms with van der Waals surface area (Å²) in [5.74, 6) is -0.394. The Balaban J connectivity index is 1.22. The van der Waals surface area contributed by atoms with Gasteiger partial charge in [0.2, 0.25) is 5.91 Å². The SMILES string of the molecule is O=C(Nc1cccc2c1C(O)N(CC(=O)N1CCN(c3ccncc3)CC1)C2)C1=CC(Cl)=CCC1=S. The summed E-state index contributed by atoms with van der Waals surface area (Å²) in [7, 11) is 0. The van der Waals surface area contributed by atoms with E-state index < -0.39 is 6.23 Å². The number of aromatic nitrogens is 1. The molecule has 1 saturated heterocycles. The zero-order valence-corrected chi connectivity index (χ0v) is 21.1. The van der Waals surface area contributed by atoms with E-state index in [9.17, 15) is 14.7 Å². The van der Waals surface area contributed by atoms with Gasteiger partial charge in [0, 0.05) is 78.4 Å². The molecule has 5 rings (SSSR count). The lowest BCUT2D eigenvalue weighted by atomic mass is 10.0. The van der Waals surface area contributed by atoms with Crippen molar-refractivity contribution in [2.75, 3.05) is 42.9 Å². The average Bonchev–Trinajstić information content (AvgIpc) is 3.21. The predicted octanol–water partition coefficient (Wildman–Crippen LogP) is 3.00. The van der Waals surface area contributed by atoms with Gasteiger partial charge >= 0.3 is 0 Å². The molecule has 2 aliphatic heterocycles. The Morgan fingerprint density at radius 1 is 1.14 bits per heavy atom. The predicted molar refractivity (Wildman–Crippen MR) is 143 cm³/mol. The zero-order valence-electron chi connectivity index (χ0n) is 19.6. The van der Waals surface area contributed by atoms with Gasteiger partial charge in [0.1, 0.15) is 6.23 Å². The first-order valence-electron chi connectivity index (χ1n) is 11.8. The molecule has 186 valence electrons. The van der Waals surface area contributed by atoms with E-state index in [-0.39, 0.29) is 18.4 Å². The van der Waals surface area contributed by atoms with Crippen LogP contribution >= 0.6 is 23.8 Å². The fourth-order valence-electron chi connectivity index (χ4n) is 4.80. The minimum atomic E-state index is -1.01. The zero-order chi connectivity index (χ0) is 25.2. The van der Waals surface area contributed by atoms with Crippen LogP contribution in [0.5, 0.6) is 0 Å². The number of nitrogens with one attached hydrogen (secondary N) is 1. The number of allylic oxidation sites excluding steroid dienone is 3. The van der Waals surface area contributed by atoms with Crippen molar-refractivity contribution >= 4 is 51.9 Å². The minimum absolute atomic E-state index is 0.0269. The van der Waals surface area contributed by atoms with Crippen molar-refractivity contribution in [2.45, 2.75) is 19.2 Å². The lowest BCUT2D eigenvalue weighted by molar-refractivity contribution is -0.135. The van der Waals surface area contributed by atoms with Crippen LogP contribution < -0.4 is 10.2 Å². The molecular formula is C26H26ClN5O3S. The summed E-state index contributed by atoms with van der Waals surface area (Å²) < 4.78 is 0. The number of anilines is 2. The second kappa shape index (κ2) is 10.5. The Labute approximate surface area is 219 Å². The summed E-state index contributed by atoms with van der Waals surface area (Å²) in [5, 5.41) is 14.4. The maximum Gasteiger partial charge on any atom is 0.256 e. The van der Waals surface area contributed by atoms with E-state index in [1.807, 2.05) is 29.2 Å². The summed E-state index contributed by atoms with van der Waals surface area (Å²) in [4.78, 5) is 36.3. The van der Waals surface area contributed by atoms with Crippen molar-refractivity contribution in [1.82, 2.24) is 14.8 Å². The van der Waals surface area contributed by atoms with Gasteiger partial charge in [-0.05, 0) is 29.8 Å². The number of aliphatic hydroxyl groups is 1. The molecule has 1 aromatic carbocycles. The largest absolute Gasteiger partial charge is 0.374 e. The van der Waals surface area contributed by atoms with Gasteiger partial charge in [-0.2, -0.15) is 0 Å². The van der Waals surface area contributed by atoms with Crippen LogP contribution in [0, 0.1) is 0 Å². The number of hydrogen-bond acceptors (Lipinski definition) is 7. The Morgan fingerprint density at radius 2 is 1.89 bits per heavy atom. The Morgan fingerprint density at radius 3 is 2.64 bits per heavy atom. The highest BCUT2D eigenvalue weighted by Gasteiger charge is 2.34. The van der Waals surface area contributed by atoms with Crippen molar-refractivity contribution < 1.29 is 14.7 Å². The van der Waals surface area contributed by atoms with Gasteiger partial charge in [-0.1, -0.05) is 42.0 Å². The smallest absolute Gasteiger partial charge is 0.256 e. The quantitative estimate of drug-likeness (QED) is 0.582. The first-order chi connectivity index (χ1) is 17.4. The lowest BCUT2D eigenvalue weighted by Gasteiger charge is -2.37. The Bertz CT molecular complexity index is 1260. The number of amides is 2. The number of carbonyl (C=O) groups excluding carboxylic acids is 2.